The van der Waals surface area contributed by atoms with Gasteiger partial charge in [0.05, 0.1) is 18.1 Å². The fourth-order valence-corrected chi connectivity index (χ4v) is 2.46. The number of ether oxygens (including phenoxy) is 1. The highest BCUT2D eigenvalue weighted by atomic mass is 35.5. The van der Waals surface area contributed by atoms with Gasteiger partial charge in [0.25, 0.3) is 0 Å². The summed E-state index contributed by atoms with van der Waals surface area (Å²) in [7, 11) is 1.67. The van der Waals surface area contributed by atoms with Crippen LogP contribution < -0.4 is 5.32 Å². The van der Waals surface area contributed by atoms with Gasteiger partial charge in [-0.2, -0.15) is 0 Å². The maximum absolute atomic E-state index is 11.8. The Balaban J connectivity index is 1.80. The van der Waals surface area contributed by atoms with Gasteiger partial charge in [0, 0.05) is 18.7 Å². The first kappa shape index (κ1) is 15.3. The zero-order valence-electron chi connectivity index (χ0n) is 11.6. The fraction of sp³-hybridized carbons (Fsp3) is 0.533. The molecule has 2 rings (SSSR count). The molecule has 1 fully saturated rings. The van der Waals surface area contributed by atoms with E-state index in [4.69, 9.17) is 16.3 Å². The van der Waals surface area contributed by atoms with E-state index in [0.29, 0.717) is 17.1 Å². The second-order valence-corrected chi connectivity index (χ2v) is 5.73. The molecule has 0 aliphatic heterocycles. The van der Waals surface area contributed by atoms with E-state index < -0.39 is 6.10 Å². The van der Waals surface area contributed by atoms with E-state index in [-0.39, 0.29) is 17.9 Å². The number of carbonyl (C=O) groups excluding carboxylic acids is 1. The number of halogens is 1. The van der Waals surface area contributed by atoms with Crippen LogP contribution in [0.15, 0.2) is 24.3 Å². The van der Waals surface area contributed by atoms with Crippen LogP contribution in [-0.4, -0.2) is 30.3 Å². The van der Waals surface area contributed by atoms with Gasteiger partial charge in [0.15, 0.2) is 0 Å². The number of methoxy groups -OCH3 is 1. The Morgan fingerprint density at radius 2 is 2.10 bits per heavy atom. The topological polar surface area (TPSA) is 58.6 Å². The van der Waals surface area contributed by atoms with Crippen LogP contribution >= 0.6 is 11.6 Å². The Morgan fingerprint density at radius 1 is 1.45 bits per heavy atom. The summed E-state index contributed by atoms with van der Waals surface area (Å²) in [5.74, 6) is -0.171. The average Bonchev–Trinajstić information content (AvgIpc) is 2.38. The van der Waals surface area contributed by atoms with Gasteiger partial charge in [-0.25, -0.2) is 0 Å². The number of hydrogen-bond donors (Lipinski definition) is 2. The molecule has 0 unspecified atom stereocenters. The number of carbonyl (C=O) groups is 1. The van der Waals surface area contributed by atoms with Gasteiger partial charge in [-0.1, -0.05) is 23.7 Å². The summed E-state index contributed by atoms with van der Waals surface area (Å²) in [5, 5.41) is 13.5. The second-order valence-electron chi connectivity index (χ2n) is 5.29. The van der Waals surface area contributed by atoms with Crippen molar-refractivity contribution in [1.82, 2.24) is 5.32 Å². The molecule has 0 spiro atoms. The van der Waals surface area contributed by atoms with Crippen LogP contribution in [0.25, 0.3) is 0 Å². The molecule has 0 aromatic heterocycles. The van der Waals surface area contributed by atoms with Gasteiger partial charge in [0.2, 0.25) is 5.91 Å². The third-order valence-electron chi connectivity index (χ3n) is 3.94. The molecule has 1 aliphatic rings. The van der Waals surface area contributed by atoms with Crippen LogP contribution in [0.5, 0.6) is 0 Å². The first-order valence-electron chi connectivity index (χ1n) is 6.80. The van der Waals surface area contributed by atoms with Crippen molar-refractivity contribution in [3.05, 3.63) is 34.9 Å². The molecule has 1 saturated carbocycles. The Morgan fingerprint density at radius 3 is 2.60 bits per heavy atom. The van der Waals surface area contributed by atoms with Crippen molar-refractivity contribution >= 4 is 17.5 Å². The molecule has 4 nitrogen and oxygen atoms in total. The predicted molar refractivity (Wildman–Crippen MR) is 77.6 cm³/mol. The maximum Gasteiger partial charge on any atom is 0.223 e. The number of aliphatic hydroxyl groups is 1. The Hall–Kier alpha value is -1.10. The molecule has 1 aromatic carbocycles. The van der Waals surface area contributed by atoms with Crippen molar-refractivity contribution < 1.29 is 14.6 Å². The first-order chi connectivity index (χ1) is 9.54. The lowest BCUT2D eigenvalue weighted by atomic mass is 9.80. The molecule has 2 N–H and O–H groups in total. The van der Waals surface area contributed by atoms with Crippen molar-refractivity contribution in [2.45, 2.75) is 37.4 Å². The summed E-state index contributed by atoms with van der Waals surface area (Å²) in [6.45, 7) is 0.510. The van der Waals surface area contributed by atoms with Gasteiger partial charge in [-0.3, -0.25) is 4.79 Å². The minimum atomic E-state index is -0.813. The molecule has 1 atom stereocenters. The number of nitrogens with one attached hydrogen (secondary N) is 1. The van der Waals surface area contributed by atoms with E-state index in [2.05, 4.69) is 5.32 Å². The largest absolute Gasteiger partial charge is 0.388 e. The summed E-state index contributed by atoms with van der Waals surface area (Å²) >= 11 is 5.79. The van der Waals surface area contributed by atoms with Gasteiger partial charge in [-0.05, 0) is 37.0 Å². The molecule has 1 aliphatic carbocycles. The molecule has 1 aromatic rings. The number of rotatable bonds is 6. The number of benzene rings is 1. The Labute approximate surface area is 124 Å². The summed E-state index contributed by atoms with van der Waals surface area (Å²) in [6.07, 6.45) is 2.32. The van der Waals surface area contributed by atoms with Gasteiger partial charge >= 0.3 is 0 Å². The Bertz CT molecular complexity index is 451. The molecule has 0 saturated heterocycles. The van der Waals surface area contributed by atoms with Crippen molar-refractivity contribution in [2.24, 2.45) is 0 Å². The van der Waals surface area contributed by atoms with Crippen molar-refractivity contribution in [3.8, 4) is 0 Å². The van der Waals surface area contributed by atoms with Crippen LogP contribution in [0.3, 0.4) is 0 Å². The lowest BCUT2D eigenvalue weighted by molar-refractivity contribution is -0.126. The van der Waals surface area contributed by atoms with Crippen LogP contribution in [-0.2, 0) is 9.53 Å². The lowest BCUT2D eigenvalue weighted by Crippen LogP contribution is -2.49. The minimum Gasteiger partial charge on any atom is -0.388 e. The normalized spacial score (nSPS) is 18.1. The minimum absolute atomic E-state index is 0.0431. The summed E-state index contributed by atoms with van der Waals surface area (Å²) in [5.41, 5.74) is 0.496. The molecule has 0 heterocycles. The quantitative estimate of drug-likeness (QED) is 0.848. The summed E-state index contributed by atoms with van der Waals surface area (Å²) < 4.78 is 5.44. The third-order valence-corrected chi connectivity index (χ3v) is 4.19. The molecule has 20 heavy (non-hydrogen) atoms. The highest BCUT2D eigenvalue weighted by Gasteiger charge is 2.37. The monoisotopic (exact) mass is 297 g/mol. The molecular weight excluding hydrogens is 278 g/mol. The lowest BCUT2D eigenvalue weighted by Gasteiger charge is -2.40. The fourth-order valence-electron chi connectivity index (χ4n) is 2.33. The molecule has 5 heteroatoms. The van der Waals surface area contributed by atoms with E-state index >= 15 is 0 Å². The molecule has 0 bridgehead atoms. The van der Waals surface area contributed by atoms with E-state index in [1.54, 1.807) is 31.4 Å². The smallest absolute Gasteiger partial charge is 0.223 e. The summed E-state index contributed by atoms with van der Waals surface area (Å²) in [6, 6.07) is 6.85. The zero-order valence-corrected chi connectivity index (χ0v) is 12.3. The molecular formula is C15H20ClNO3. The third kappa shape index (κ3) is 3.72. The molecule has 0 radical (unpaired) electrons. The van der Waals surface area contributed by atoms with E-state index in [9.17, 15) is 9.90 Å². The van der Waals surface area contributed by atoms with Crippen LogP contribution in [0.4, 0.5) is 0 Å². The van der Waals surface area contributed by atoms with E-state index in [1.807, 2.05) is 0 Å². The van der Waals surface area contributed by atoms with Gasteiger partial charge < -0.3 is 15.2 Å². The molecule has 110 valence electrons. The average molecular weight is 298 g/mol. The van der Waals surface area contributed by atoms with E-state index in [0.717, 1.165) is 19.3 Å². The van der Waals surface area contributed by atoms with Gasteiger partial charge in [0.1, 0.15) is 0 Å². The highest BCUT2D eigenvalue weighted by molar-refractivity contribution is 6.30. The van der Waals surface area contributed by atoms with Crippen LogP contribution in [0, 0.1) is 0 Å². The van der Waals surface area contributed by atoms with E-state index in [1.165, 1.54) is 0 Å². The number of aliphatic hydroxyl groups excluding tert-OH is 1. The van der Waals surface area contributed by atoms with Crippen molar-refractivity contribution in [1.29, 1.82) is 0 Å². The van der Waals surface area contributed by atoms with Crippen molar-refractivity contribution in [3.63, 3.8) is 0 Å². The second kappa shape index (κ2) is 6.57. The van der Waals surface area contributed by atoms with Crippen molar-refractivity contribution in [2.75, 3.05) is 13.7 Å². The van der Waals surface area contributed by atoms with Crippen LogP contribution in [0.1, 0.15) is 37.4 Å². The SMILES string of the molecule is COC1(CNC(=O)C[C@H](O)c2ccc(Cl)cc2)CCC1. The standard InChI is InChI=1S/C15H20ClNO3/c1-20-15(7-2-8-15)10-17-14(19)9-13(18)11-3-5-12(16)6-4-11/h3-6,13,18H,2,7-10H2,1H3,(H,17,19)/t13-/m0/s1. The summed E-state index contributed by atoms with van der Waals surface area (Å²) in [4.78, 5) is 11.8. The predicted octanol–water partition coefficient (Wildman–Crippen LogP) is 2.45. The number of amides is 1. The highest BCUT2D eigenvalue weighted by Crippen LogP contribution is 2.34. The molecule has 1 amide bonds. The van der Waals surface area contributed by atoms with Crippen LogP contribution in [0.2, 0.25) is 5.02 Å². The number of hydrogen-bond acceptors (Lipinski definition) is 3. The first-order valence-corrected chi connectivity index (χ1v) is 7.18. The zero-order chi connectivity index (χ0) is 14.6. The Kier molecular flexibility index (Phi) is 5.02. The van der Waals surface area contributed by atoms with Gasteiger partial charge in [-0.15, -0.1) is 0 Å². The maximum atomic E-state index is 11.8.